The highest BCUT2D eigenvalue weighted by Crippen LogP contribution is 2.32. The van der Waals surface area contributed by atoms with Gasteiger partial charge in [-0.3, -0.25) is 9.78 Å². The van der Waals surface area contributed by atoms with E-state index in [4.69, 9.17) is 5.73 Å². The molecule has 0 atom stereocenters. The summed E-state index contributed by atoms with van der Waals surface area (Å²) in [5.41, 5.74) is 9.67. The first-order valence-electron chi connectivity index (χ1n) is 10.5. The van der Waals surface area contributed by atoms with Gasteiger partial charge in [-0.25, -0.2) is 9.07 Å². The normalized spacial score (nSPS) is 14.4. The first-order valence-corrected chi connectivity index (χ1v) is 10.5. The standard InChI is InChI=1S/C24H23FN6O/c1-16-20-7-8-21(30-11-10-29(15-22(30)32)19-6-3-9-27-14-19)23(25)24(20)31(28-16)18-5-2-4-17(12-18)13-26/h2-9,12,14H,10-11,13,15,26H2,1H3. The lowest BCUT2D eigenvalue weighted by atomic mass is 10.1. The third kappa shape index (κ3) is 3.38. The van der Waals surface area contributed by atoms with E-state index in [1.165, 1.54) is 4.90 Å². The molecular formula is C24H23FN6O. The van der Waals surface area contributed by atoms with Gasteiger partial charge in [-0.2, -0.15) is 5.10 Å². The maximum Gasteiger partial charge on any atom is 0.246 e. The average Bonchev–Trinajstić information content (AvgIpc) is 3.17. The number of hydrogen-bond donors (Lipinski definition) is 1. The minimum Gasteiger partial charge on any atom is -0.359 e. The van der Waals surface area contributed by atoms with Crippen LogP contribution in [0.4, 0.5) is 15.8 Å². The molecule has 1 aliphatic heterocycles. The molecule has 2 aromatic heterocycles. The maximum absolute atomic E-state index is 15.9. The van der Waals surface area contributed by atoms with E-state index in [0.29, 0.717) is 30.5 Å². The summed E-state index contributed by atoms with van der Waals surface area (Å²) in [6, 6.07) is 14.8. The molecular weight excluding hydrogens is 407 g/mol. The van der Waals surface area contributed by atoms with Crippen molar-refractivity contribution in [2.24, 2.45) is 5.73 Å². The molecule has 1 fully saturated rings. The van der Waals surface area contributed by atoms with Crippen molar-refractivity contribution in [3.8, 4) is 5.69 Å². The van der Waals surface area contributed by atoms with Crippen LogP contribution in [0.25, 0.3) is 16.6 Å². The molecule has 0 spiro atoms. The van der Waals surface area contributed by atoms with Gasteiger partial charge in [-0.1, -0.05) is 12.1 Å². The van der Waals surface area contributed by atoms with Crippen molar-refractivity contribution >= 4 is 28.2 Å². The first-order chi connectivity index (χ1) is 15.6. The number of halogens is 1. The number of hydrogen-bond acceptors (Lipinski definition) is 5. The molecule has 0 radical (unpaired) electrons. The Morgan fingerprint density at radius 1 is 1.09 bits per heavy atom. The predicted octanol–water partition coefficient (Wildman–Crippen LogP) is 3.18. The van der Waals surface area contributed by atoms with E-state index in [0.717, 1.165) is 22.6 Å². The summed E-state index contributed by atoms with van der Waals surface area (Å²) in [6.45, 7) is 3.37. The van der Waals surface area contributed by atoms with E-state index in [-0.39, 0.29) is 18.1 Å². The zero-order valence-electron chi connectivity index (χ0n) is 17.7. The second-order valence-corrected chi connectivity index (χ2v) is 7.84. The summed E-state index contributed by atoms with van der Waals surface area (Å²) >= 11 is 0. The van der Waals surface area contributed by atoms with E-state index in [9.17, 15) is 4.79 Å². The molecule has 1 saturated heterocycles. The number of carbonyl (C=O) groups is 1. The van der Waals surface area contributed by atoms with Crippen molar-refractivity contribution in [3.63, 3.8) is 0 Å². The monoisotopic (exact) mass is 430 g/mol. The molecule has 0 saturated carbocycles. The molecule has 7 nitrogen and oxygen atoms in total. The Morgan fingerprint density at radius 2 is 1.94 bits per heavy atom. The Balaban J connectivity index is 1.53. The van der Waals surface area contributed by atoms with Gasteiger partial charge in [0.25, 0.3) is 0 Å². The van der Waals surface area contributed by atoms with Gasteiger partial charge in [-0.05, 0) is 48.9 Å². The number of carbonyl (C=O) groups excluding carboxylic acids is 1. The number of anilines is 2. The van der Waals surface area contributed by atoms with Crippen LogP contribution in [0.3, 0.4) is 0 Å². The number of pyridine rings is 1. The van der Waals surface area contributed by atoms with Gasteiger partial charge in [0.1, 0.15) is 5.52 Å². The summed E-state index contributed by atoms with van der Waals surface area (Å²) in [5, 5.41) is 5.28. The van der Waals surface area contributed by atoms with E-state index < -0.39 is 5.82 Å². The highest BCUT2D eigenvalue weighted by Gasteiger charge is 2.29. The van der Waals surface area contributed by atoms with E-state index in [2.05, 4.69) is 10.1 Å². The Kier molecular flexibility index (Phi) is 5.07. The third-order valence-corrected chi connectivity index (χ3v) is 5.86. The lowest BCUT2D eigenvalue weighted by Crippen LogP contribution is -2.51. The van der Waals surface area contributed by atoms with Gasteiger partial charge in [0.2, 0.25) is 5.91 Å². The van der Waals surface area contributed by atoms with Crippen molar-refractivity contribution in [1.82, 2.24) is 14.8 Å². The quantitative estimate of drug-likeness (QED) is 0.538. The number of piperazine rings is 1. The molecule has 162 valence electrons. The number of fused-ring (bicyclic) bond motifs is 1. The van der Waals surface area contributed by atoms with Crippen LogP contribution in [0.1, 0.15) is 11.3 Å². The zero-order chi connectivity index (χ0) is 22.2. The minimum absolute atomic E-state index is 0.161. The van der Waals surface area contributed by atoms with Gasteiger partial charge >= 0.3 is 0 Å². The van der Waals surface area contributed by atoms with Crippen LogP contribution in [0, 0.1) is 12.7 Å². The van der Waals surface area contributed by atoms with E-state index in [1.807, 2.05) is 54.3 Å². The van der Waals surface area contributed by atoms with Crippen LogP contribution in [0.2, 0.25) is 0 Å². The smallest absolute Gasteiger partial charge is 0.246 e. The molecule has 2 N–H and O–H groups in total. The van der Waals surface area contributed by atoms with Gasteiger partial charge in [-0.15, -0.1) is 0 Å². The lowest BCUT2D eigenvalue weighted by molar-refractivity contribution is -0.117. The third-order valence-electron chi connectivity index (χ3n) is 5.86. The molecule has 4 aromatic rings. The molecule has 0 aliphatic carbocycles. The largest absolute Gasteiger partial charge is 0.359 e. The number of nitrogens with zero attached hydrogens (tertiary/aromatic N) is 5. The number of rotatable bonds is 4. The summed E-state index contributed by atoms with van der Waals surface area (Å²) in [4.78, 5) is 20.6. The van der Waals surface area contributed by atoms with Crippen LogP contribution in [-0.4, -0.2) is 40.3 Å². The van der Waals surface area contributed by atoms with E-state index >= 15 is 4.39 Å². The Labute approximate surface area is 184 Å². The Morgan fingerprint density at radius 3 is 2.69 bits per heavy atom. The molecule has 0 bridgehead atoms. The minimum atomic E-state index is -0.454. The fourth-order valence-corrected chi connectivity index (χ4v) is 4.21. The molecule has 32 heavy (non-hydrogen) atoms. The van der Waals surface area contributed by atoms with Crippen molar-refractivity contribution in [3.05, 3.63) is 78.0 Å². The number of benzene rings is 2. The van der Waals surface area contributed by atoms with Gasteiger partial charge < -0.3 is 15.5 Å². The van der Waals surface area contributed by atoms with Crippen molar-refractivity contribution in [1.29, 1.82) is 0 Å². The van der Waals surface area contributed by atoms with Gasteiger partial charge in [0.05, 0.1) is 35.5 Å². The zero-order valence-corrected chi connectivity index (χ0v) is 17.7. The average molecular weight is 430 g/mol. The summed E-state index contributed by atoms with van der Waals surface area (Å²) < 4.78 is 17.5. The summed E-state index contributed by atoms with van der Waals surface area (Å²) in [6.07, 6.45) is 3.42. The SMILES string of the molecule is Cc1nn(-c2cccc(CN)c2)c2c(F)c(N3CCN(c4cccnc4)CC3=O)ccc12. The van der Waals surface area contributed by atoms with Crippen LogP contribution >= 0.6 is 0 Å². The van der Waals surface area contributed by atoms with Gasteiger partial charge in [0.15, 0.2) is 5.82 Å². The highest BCUT2D eigenvalue weighted by atomic mass is 19.1. The molecule has 5 rings (SSSR count). The van der Waals surface area contributed by atoms with Crippen LogP contribution in [0.15, 0.2) is 60.9 Å². The Hall–Kier alpha value is -3.78. The van der Waals surface area contributed by atoms with Crippen molar-refractivity contribution in [2.45, 2.75) is 13.5 Å². The molecule has 0 unspecified atom stereocenters. The lowest BCUT2D eigenvalue weighted by Gasteiger charge is -2.35. The van der Waals surface area contributed by atoms with Crippen LogP contribution in [0.5, 0.6) is 0 Å². The topological polar surface area (TPSA) is 80.3 Å². The van der Waals surface area contributed by atoms with Crippen LogP contribution < -0.4 is 15.5 Å². The fourth-order valence-electron chi connectivity index (χ4n) is 4.21. The molecule has 2 aromatic carbocycles. The summed E-state index contributed by atoms with van der Waals surface area (Å²) in [7, 11) is 0. The second-order valence-electron chi connectivity index (χ2n) is 7.84. The van der Waals surface area contributed by atoms with Crippen molar-refractivity contribution in [2.75, 3.05) is 29.4 Å². The van der Waals surface area contributed by atoms with Gasteiger partial charge in [0, 0.05) is 31.2 Å². The Bertz CT molecular complexity index is 1300. The molecule has 3 heterocycles. The molecule has 1 aliphatic rings. The number of amides is 1. The molecule has 8 heteroatoms. The summed E-state index contributed by atoms with van der Waals surface area (Å²) in [5.74, 6) is -0.615. The fraction of sp³-hybridized carbons (Fsp3) is 0.208. The van der Waals surface area contributed by atoms with Crippen molar-refractivity contribution < 1.29 is 9.18 Å². The predicted molar refractivity (Wildman–Crippen MR) is 122 cm³/mol. The van der Waals surface area contributed by atoms with Crippen LogP contribution in [-0.2, 0) is 11.3 Å². The maximum atomic E-state index is 15.9. The second kappa shape index (κ2) is 8.05. The van der Waals surface area contributed by atoms with E-state index in [1.54, 1.807) is 23.1 Å². The number of aryl methyl sites for hydroxylation is 1. The number of nitrogens with two attached hydrogens (primary N) is 1. The first kappa shape index (κ1) is 20.1. The number of aromatic nitrogens is 3. The highest BCUT2D eigenvalue weighted by molar-refractivity contribution is 6.00. The molecule has 1 amide bonds.